The highest BCUT2D eigenvalue weighted by Crippen LogP contribution is 2.20. The molecule has 5 nitrogen and oxygen atoms in total. The Morgan fingerprint density at radius 3 is 2.47 bits per heavy atom. The predicted molar refractivity (Wildman–Crippen MR) is 71.8 cm³/mol. The van der Waals surface area contributed by atoms with Gasteiger partial charge in [-0.3, -0.25) is 9.59 Å². The summed E-state index contributed by atoms with van der Waals surface area (Å²) in [7, 11) is 0. The van der Waals surface area contributed by atoms with Gasteiger partial charge in [0.15, 0.2) is 0 Å². The first kappa shape index (κ1) is 16.0. The van der Waals surface area contributed by atoms with Gasteiger partial charge in [-0.1, -0.05) is 26.7 Å². The van der Waals surface area contributed by atoms with Crippen LogP contribution in [0.15, 0.2) is 0 Å². The van der Waals surface area contributed by atoms with Crippen molar-refractivity contribution in [1.82, 2.24) is 5.32 Å². The van der Waals surface area contributed by atoms with Gasteiger partial charge in [0.1, 0.15) is 6.61 Å². The maximum atomic E-state index is 11.6. The molecule has 1 unspecified atom stereocenters. The van der Waals surface area contributed by atoms with E-state index in [-0.39, 0.29) is 25.2 Å². The van der Waals surface area contributed by atoms with Crippen LogP contribution < -0.4 is 5.32 Å². The number of rotatable bonds is 8. The van der Waals surface area contributed by atoms with E-state index in [1.165, 1.54) is 12.8 Å². The lowest BCUT2D eigenvalue weighted by atomic mass is 9.97. The summed E-state index contributed by atoms with van der Waals surface area (Å²) in [5, 5.41) is 11.7. The zero-order chi connectivity index (χ0) is 14.3. The van der Waals surface area contributed by atoms with Crippen molar-refractivity contribution < 1.29 is 19.4 Å². The quantitative estimate of drug-likeness (QED) is 0.706. The number of carbonyl (C=O) groups excluding carboxylic acids is 1. The van der Waals surface area contributed by atoms with Crippen molar-refractivity contribution in [3.63, 3.8) is 0 Å². The molecule has 0 heterocycles. The standard InChI is InChI=1S/C14H25NO4/c1-10(2)7-11(14(17)18)8-15-13(16)9-19-12-5-3-4-6-12/h10-12H,3-9H2,1-2H3,(H,15,16)(H,17,18). The second-order valence-electron chi connectivity index (χ2n) is 5.69. The number of amides is 1. The number of carbonyl (C=O) groups is 2. The first-order valence-electron chi connectivity index (χ1n) is 7.10. The van der Waals surface area contributed by atoms with E-state index in [1.54, 1.807) is 0 Å². The summed E-state index contributed by atoms with van der Waals surface area (Å²) in [6.45, 7) is 4.17. The Hall–Kier alpha value is -1.10. The van der Waals surface area contributed by atoms with Gasteiger partial charge >= 0.3 is 5.97 Å². The minimum Gasteiger partial charge on any atom is -0.481 e. The maximum absolute atomic E-state index is 11.6. The monoisotopic (exact) mass is 271 g/mol. The van der Waals surface area contributed by atoms with E-state index in [2.05, 4.69) is 5.32 Å². The molecule has 2 N–H and O–H groups in total. The fraction of sp³-hybridized carbons (Fsp3) is 0.857. The van der Waals surface area contributed by atoms with Crippen molar-refractivity contribution in [2.75, 3.05) is 13.2 Å². The van der Waals surface area contributed by atoms with Gasteiger partial charge in [0.05, 0.1) is 12.0 Å². The summed E-state index contributed by atoms with van der Waals surface area (Å²) in [6, 6.07) is 0. The SMILES string of the molecule is CC(C)CC(CNC(=O)COC1CCCC1)C(=O)O. The van der Waals surface area contributed by atoms with E-state index in [0.717, 1.165) is 12.8 Å². The van der Waals surface area contributed by atoms with Crippen molar-refractivity contribution in [1.29, 1.82) is 0 Å². The van der Waals surface area contributed by atoms with Crippen LogP contribution in [0.3, 0.4) is 0 Å². The molecule has 5 heteroatoms. The third-order valence-corrected chi connectivity index (χ3v) is 3.40. The third-order valence-electron chi connectivity index (χ3n) is 3.40. The molecule has 1 aliphatic rings. The van der Waals surface area contributed by atoms with Crippen LogP contribution >= 0.6 is 0 Å². The molecule has 0 radical (unpaired) electrons. The largest absolute Gasteiger partial charge is 0.481 e. The van der Waals surface area contributed by atoms with Gasteiger partial charge in [0, 0.05) is 6.54 Å². The second-order valence-corrected chi connectivity index (χ2v) is 5.69. The molecule has 0 spiro atoms. The highest BCUT2D eigenvalue weighted by atomic mass is 16.5. The van der Waals surface area contributed by atoms with Gasteiger partial charge < -0.3 is 15.2 Å². The normalized spacial score (nSPS) is 17.6. The molecule has 0 saturated heterocycles. The molecule has 0 aliphatic heterocycles. The summed E-state index contributed by atoms with van der Waals surface area (Å²) in [5.74, 6) is -1.30. The van der Waals surface area contributed by atoms with E-state index in [4.69, 9.17) is 9.84 Å². The van der Waals surface area contributed by atoms with Crippen molar-refractivity contribution in [3.8, 4) is 0 Å². The van der Waals surface area contributed by atoms with E-state index in [1.807, 2.05) is 13.8 Å². The lowest BCUT2D eigenvalue weighted by Crippen LogP contribution is -2.36. The van der Waals surface area contributed by atoms with Crippen LogP contribution in [0.4, 0.5) is 0 Å². The van der Waals surface area contributed by atoms with Crippen molar-refractivity contribution in [2.24, 2.45) is 11.8 Å². The van der Waals surface area contributed by atoms with Crippen molar-refractivity contribution in [3.05, 3.63) is 0 Å². The second kappa shape index (κ2) is 8.15. The summed E-state index contributed by atoms with van der Waals surface area (Å²) in [5.41, 5.74) is 0. The molecule has 19 heavy (non-hydrogen) atoms. The highest BCUT2D eigenvalue weighted by Gasteiger charge is 2.20. The van der Waals surface area contributed by atoms with Gasteiger partial charge in [-0.25, -0.2) is 0 Å². The van der Waals surface area contributed by atoms with Crippen LogP contribution in [-0.4, -0.2) is 36.2 Å². The Labute approximate surface area is 114 Å². The first-order chi connectivity index (χ1) is 8.99. The van der Waals surface area contributed by atoms with Gasteiger partial charge in [-0.05, 0) is 25.2 Å². The lowest BCUT2D eigenvalue weighted by molar-refractivity contribution is -0.142. The predicted octanol–water partition coefficient (Wildman–Crippen LogP) is 1.81. The van der Waals surface area contributed by atoms with Crippen LogP contribution in [0.5, 0.6) is 0 Å². The Morgan fingerprint density at radius 2 is 1.95 bits per heavy atom. The average molecular weight is 271 g/mol. The summed E-state index contributed by atoms with van der Waals surface area (Å²) < 4.78 is 5.48. The smallest absolute Gasteiger partial charge is 0.308 e. The molecule has 1 aliphatic carbocycles. The van der Waals surface area contributed by atoms with Crippen LogP contribution in [0.2, 0.25) is 0 Å². The Balaban J connectivity index is 2.21. The Kier molecular flexibility index (Phi) is 6.84. The molecule has 1 rings (SSSR count). The van der Waals surface area contributed by atoms with Crippen LogP contribution in [0.1, 0.15) is 46.0 Å². The summed E-state index contributed by atoms with van der Waals surface area (Å²) in [6.07, 6.45) is 5.16. The van der Waals surface area contributed by atoms with E-state index in [0.29, 0.717) is 12.3 Å². The number of aliphatic carboxylic acids is 1. The van der Waals surface area contributed by atoms with Gasteiger partial charge in [-0.2, -0.15) is 0 Å². The summed E-state index contributed by atoms with van der Waals surface area (Å²) >= 11 is 0. The molecule has 0 aromatic rings. The van der Waals surface area contributed by atoms with E-state index >= 15 is 0 Å². The minimum atomic E-state index is -0.856. The molecule has 110 valence electrons. The molecule has 1 atom stereocenters. The highest BCUT2D eigenvalue weighted by molar-refractivity contribution is 5.78. The Morgan fingerprint density at radius 1 is 1.32 bits per heavy atom. The van der Waals surface area contributed by atoms with Crippen molar-refractivity contribution in [2.45, 2.75) is 52.1 Å². The number of carboxylic acids is 1. The molecule has 0 aromatic heterocycles. The average Bonchev–Trinajstić information content (AvgIpc) is 2.84. The van der Waals surface area contributed by atoms with Gasteiger partial charge in [0.2, 0.25) is 5.91 Å². The van der Waals surface area contributed by atoms with Crippen LogP contribution in [-0.2, 0) is 14.3 Å². The number of carboxylic acid groups (broad SMARTS) is 1. The number of ether oxygens (including phenoxy) is 1. The van der Waals surface area contributed by atoms with E-state index in [9.17, 15) is 9.59 Å². The van der Waals surface area contributed by atoms with Crippen molar-refractivity contribution >= 4 is 11.9 Å². The Bertz CT molecular complexity index is 298. The molecule has 0 bridgehead atoms. The fourth-order valence-corrected chi connectivity index (χ4v) is 2.38. The number of nitrogens with one attached hydrogen (secondary N) is 1. The van der Waals surface area contributed by atoms with Gasteiger partial charge in [0.25, 0.3) is 0 Å². The first-order valence-corrected chi connectivity index (χ1v) is 7.10. The number of hydrogen-bond donors (Lipinski definition) is 2. The number of hydrogen-bond acceptors (Lipinski definition) is 3. The fourth-order valence-electron chi connectivity index (χ4n) is 2.38. The zero-order valence-corrected chi connectivity index (χ0v) is 11.9. The minimum absolute atomic E-state index is 0.0404. The molecule has 0 aromatic carbocycles. The molecular weight excluding hydrogens is 246 g/mol. The molecule has 1 fully saturated rings. The zero-order valence-electron chi connectivity index (χ0n) is 11.9. The van der Waals surface area contributed by atoms with E-state index < -0.39 is 11.9 Å². The molecule has 1 saturated carbocycles. The van der Waals surface area contributed by atoms with Crippen LogP contribution in [0, 0.1) is 11.8 Å². The topological polar surface area (TPSA) is 75.6 Å². The maximum Gasteiger partial charge on any atom is 0.308 e. The summed E-state index contributed by atoms with van der Waals surface area (Å²) in [4.78, 5) is 22.6. The molecular formula is C14H25NO4. The third kappa shape index (κ3) is 6.57. The van der Waals surface area contributed by atoms with Crippen LogP contribution in [0.25, 0.3) is 0 Å². The van der Waals surface area contributed by atoms with Gasteiger partial charge in [-0.15, -0.1) is 0 Å². The molecule has 1 amide bonds. The lowest BCUT2D eigenvalue weighted by Gasteiger charge is -2.16.